The summed E-state index contributed by atoms with van der Waals surface area (Å²) in [6.45, 7) is 6.25. The van der Waals surface area contributed by atoms with E-state index in [4.69, 9.17) is 16.3 Å². The van der Waals surface area contributed by atoms with E-state index < -0.39 is 11.7 Å². The van der Waals surface area contributed by atoms with E-state index in [-0.39, 0.29) is 12.2 Å². The average molecular weight is 360 g/mol. The number of carbonyl (C=O) groups is 2. The second kappa shape index (κ2) is 8.17. The third-order valence-corrected chi connectivity index (χ3v) is 4.54. The van der Waals surface area contributed by atoms with Gasteiger partial charge in [-0.2, -0.15) is 0 Å². The molecule has 0 fully saturated rings. The molecule has 1 N–H and O–H groups in total. The maximum atomic E-state index is 12.2. The highest BCUT2D eigenvalue weighted by atomic mass is 35.5. The Kier molecular flexibility index (Phi) is 6.21. The zero-order valence-corrected chi connectivity index (χ0v) is 15.7. The third-order valence-electron chi connectivity index (χ3n) is 4.18. The predicted octanol–water partition coefficient (Wildman–Crippen LogP) is 4.03. The Hall–Kier alpha value is -2.33. The van der Waals surface area contributed by atoms with E-state index in [1.165, 1.54) is 12.6 Å². The van der Waals surface area contributed by atoms with Gasteiger partial charge in [0.15, 0.2) is 0 Å². The molecular formula is C20H22ClNO3. The number of amides is 1. The number of aryl methyl sites for hydroxylation is 3. The van der Waals surface area contributed by atoms with E-state index in [9.17, 15) is 9.59 Å². The fraction of sp³-hybridized carbons (Fsp3) is 0.300. The summed E-state index contributed by atoms with van der Waals surface area (Å²) in [7, 11) is 1.42. The van der Waals surface area contributed by atoms with Crippen LogP contribution in [0, 0.1) is 13.8 Å². The molecule has 132 valence electrons. The molecule has 2 aromatic carbocycles. The van der Waals surface area contributed by atoms with Crippen molar-refractivity contribution < 1.29 is 14.3 Å². The highest BCUT2D eigenvalue weighted by Gasteiger charge is 2.20. The molecule has 0 aliphatic heterocycles. The zero-order valence-electron chi connectivity index (χ0n) is 14.9. The van der Waals surface area contributed by atoms with Gasteiger partial charge in [-0.05, 0) is 49.1 Å². The van der Waals surface area contributed by atoms with Crippen LogP contribution in [0.15, 0.2) is 30.3 Å². The van der Waals surface area contributed by atoms with Crippen LogP contribution in [0.1, 0.15) is 39.5 Å². The standard InChI is InChI=1S/C20H22ClNO3/c1-5-14-9-13(3)18(10-12(14)2)25-11-16-15(7-6-8-17(16)21)19(23)20(24)22-4/h6-10H,5,11H2,1-4H3,(H,22,24). The van der Waals surface area contributed by atoms with Crippen LogP contribution in [0.3, 0.4) is 0 Å². The molecule has 5 heteroatoms. The molecular weight excluding hydrogens is 338 g/mol. The number of nitrogens with one attached hydrogen (secondary N) is 1. The highest BCUT2D eigenvalue weighted by molar-refractivity contribution is 6.43. The van der Waals surface area contributed by atoms with Crippen molar-refractivity contribution >= 4 is 23.3 Å². The van der Waals surface area contributed by atoms with Crippen molar-refractivity contribution in [1.82, 2.24) is 5.32 Å². The minimum absolute atomic E-state index is 0.115. The summed E-state index contributed by atoms with van der Waals surface area (Å²) in [6.07, 6.45) is 0.961. The quantitative estimate of drug-likeness (QED) is 0.626. The number of Topliss-reactive ketones (excluding diaryl/α,β-unsaturated/α-hetero) is 1. The van der Waals surface area contributed by atoms with Gasteiger partial charge in [-0.3, -0.25) is 9.59 Å². The minimum atomic E-state index is -0.678. The number of benzene rings is 2. The molecule has 0 aliphatic carbocycles. The van der Waals surface area contributed by atoms with Crippen LogP contribution in [0.2, 0.25) is 5.02 Å². The van der Waals surface area contributed by atoms with Crippen LogP contribution in [-0.2, 0) is 17.8 Å². The molecule has 0 atom stereocenters. The molecule has 0 aromatic heterocycles. The molecule has 0 saturated carbocycles. The molecule has 0 bridgehead atoms. The van der Waals surface area contributed by atoms with Crippen LogP contribution in [0.5, 0.6) is 5.75 Å². The Morgan fingerprint density at radius 2 is 1.88 bits per heavy atom. The average Bonchev–Trinajstić information content (AvgIpc) is 2.61. The van der Waals surface area contributed by atoms with Gasteiger partial charge in [0.25, 0.3) is 11.7 Å². The first-order chi connectivity index (χ1) is 11.9. The minimum Gasteiger partial charge on any atom is -0.489 e. The molecule has 0 heterocycles. The Morgan fingerprint density at radius 3 is 2.52 bits per heavy atom. The molecule has 0 spiro atoms. The van der Waals surface area contributed by atoms with Crippen LogP contribution >= 0.6 is 11.6 Å². The molecule has 25 heavy (non-hydrogen) atoms. The van der Waals surface area contributed by atoms with Gasteiger partial charge in [0.2, 0.25) is 0 Å². The fourth-order valence-electron chi connectivity index (χ4n) is 2.69. The van der Waals surface area contributed by atoms with Crippen molar-refractivity contribution in [3.05, 3.63) is 63.2 Å². The van der Waals surface area contributed by atoms with Crippen LogP contribution in [-0.4, -0.2) is 18.7 Å². The van der Waals surface area contributed by atoms with Gasteiger partial charge in [-0.25, -0.2) is 0 Å². The second-order valence-corrected chi connectivity index (χ2v) is 6.27. The molecule has 4 nitrogen and oxygen atoms in total. The van der Waals surface area contributed by atoms with E-state index in [0.717, 1.165) is 23.3 Å². The number of hydrogen-bond donors (Lipinski definition) is 1. The third kappa shape index (κ3) is 4.20. The number of halogens is 1. The van der Waals surface area contributed by atoms with Gasteiger partial charge >= 0.3 is 0 Å². The number of carbonyl (C=O) groups excluding carboxylic acids is 2. The van der Waals surface area contributed by atoms with E-state index >= 15 is 0 Å². The second-order valence-electron chi connectivity index (χ2n) is 5.86. The lowest BCUT2D eigenvalue weighted by Crippen LogP contribution is -2.28. The monoisotopic (exact) mass is 359 g/mol. The fourth-order valence-corrected chi connectivity index (χ4v) is 2.92. The highest BCUT2D eigenvalue weighted by Crippen LogP contribution is 2.27. The Bertz CT molecular complexity index is 815. The number of ether oxygens (including phenoxy) is 1. The van der Waals surface area contributed by atoms with Gasteiger partial charge in [0, 0.05) is 23.2 Å². The van der Waals surface area contributed by atoms with Gasteiger partial charge in [-0.15, -0.1) is 0 Å². The molecule has 1 amide bonds. The first-order valence-electron chi connectivity index (χ1n) is 8.15. The molecule has 0 unspecified atom stereocenters. The Balaban J connectivity index is 2.31. The first-order valence-corrected chi connectivity index (χ1v) is 8.53. The Morgan fingerprint density at radius 1 is 1.16 bits per heavy atom. The number of rotatable bonds is 6. The molecule has 2 rings (SSSR count). The van der Waals surface area contributed by atoms with E-state index in [1.807, 2.05) is 19.9 Å². The van der Waals surface area contributed by atoms with E-state index in [1.54, 1.807) is 18.2 Å². The van der Waals surface area contributed by atoms with Gasteiger partial charge in [0.05, 0.1) is 0 Å². The smallest absolute Gasteiger partial charge is 0.292 e. The summed E-state index contributed by atoms with van der Waals surface area (Å²) in [5.74, 6) is -0.561. The topological polar surface area (TPSA) is 55.4 Å². The number of hydrogen-bond acceptors (Lipinski definition) is 3. The molecule has 0 saturated heterocycles. The number of ketones is 1. The SMILES string of the molecule is CCc1cc(C)c(OCc2c(Cl)cccc2C(=O)C(=O)NC)cc1C. The summed E-state index contributed by atoms with van der Waals surface area (Å²) in [4.78, 5) is 23.9. The van der Waals surface area contributed by atoms with Gasteiger partial charge < -0.3 is 10.1 Å². The summed E-state index contributed by atoms with van der Waals surface area (Å²) >= 11 is 6.24. The lowest BCUT2D eigenvalue weighted by molar-refractivity contribution is -0.116. The van der Waals surface area contributed by atoms with E-state index in [2.05, 4.69) is 18.3 Å². The van der Waals surface area contributed by atoms with Crippen LogP contribution < -0.4 is 10.1 Å². The normalized spacial score (nSPS) is 10.4. The van der Waals surface area contributed by atoms with Crippen molar-refractivity contribution in [2.45, 2.75) is 33.8 Å². The largest absolute Gasteiger partial charge is 0.489 e. The first kappa shape index (κ1) is 19.0. The van der Waals surface area contributed by atoms with Crippen molar-refractivity contribution in [2.24, 2.45) is 0 Å². The summed E-state index contributed by atoms with van der Waals surface area (Å²) in [5, 5.41) is 2.74. The summed E-state index contributed by atoms with van der Waals surface area (Å²) in [5.41, 5.74) is 4.22. The summed E-state index contributed by atoms with van der Waals surface area (Å²) < 4.78 is 5.92. The van der Waals surface area contributed by atoms with E-state index in [0.29, 0.717) is 10.6 Å². The molecule has 2 aromatic rings. The zero-order chi connectivity index (χ0) is 18.6. The predicted molar refractivity (Wildman–Crippen MR) is 99.5 cm³/mol. The number of likely N-dealkylation sites (N-methyl/N-ethyl adjacent to an activating group) is 1. The van der Waals surface area contributed by atoms with Crippen molar-refractivity contribution in [2.75, 3.05) is 7.05 Å². The van der Waals surface area contributed by atoms with Gasteiger partial charge in [-0.1, -0.05) is 36.7 Å². The van der Waals surface area contributed by atoms with Crippen LogP contribution in [0.25, 0.3) is 0 Å². The lowest BCUT2D eigenvalue weighted by Gasteiger charge is -2.15. The Labute approximate surface area is 153 Å². The maximum absolute atomic E-state index is 12.2. The maximum Gasteiger partial charge on any atom is 0.292 e. The van der Waals surface area contributed by atoms with Crippen molar-refractivity contribution in [3.63, 3.8) is 0 Å². The lowest BCUT2D eigenvalue weighted by atomic mass is 10.0. The van der Waals surface area contributed by atoms with Crippen molar-refractivity contribution in [3.8, 4) is 5.75 Å². The molecule has 0 aliphatic rings. The van der Waals surface area contributed by atoms with Crippen molar-refractivity contribution in [1.29, 1.82) is 0 Å². The van der Waals surface area contributed by atoms with Crippen LogP contribution in [0.4, 0.5) is 0 Å². The van der Waals surface area contributed by atoms with Gasteiger partial charge in [0.1, 0.15) is 12.4 Å². The summed E-state index contributed by atoms with van der Waals surface area (Å²) in [6, 6.07) is 9.01. The molecule has 0 radical (unpaired) electrons.